The summed E-state index contributed by atoms with van der Waals surface area (Å²) in [4.78, 5) is 11.6. The quantitative estimate of drug-likeness (QED) is 0.363. The fraction of sp³-hybridized carbons (Fsp3) is 0.435. The molecule has 0 unspecified atom stereocenters. The Labute approximate surface area is 176 Å². The van der Waals surface area contributed by atoms with E-state index < -0.39 is 59.1 Å². The first-order chi connectivity index (χ1) is 14.5. The summed E-state index contributed by atoms with van der Waals surface area (Å²) >= 11 is 0. The van der Waals surface area contributed by atoms with Crippen LogP contribution in [-0.4, -0.2) is 12.6 Å². The fourth-order valence-corrected chi connectivity index (χ4v) is 3.86. The molecule has 0 N–H and O–H groups in total. The van der Waals surface area contributed by atoms with E-state index in [1.165, 1.54) is 19.9 Å². The molecule has 1 aliphatic rings. The predicted molar refractivity (Wildman–Crippen MR) is 103 cm³/mol. The van der Waals surface area contributed by atoms with Crippen molar-refractivity contribution in [2.24, 2.45) is 0 Å². The maximum absolute atomic E-state index is 15.3. The summed E-state index contributed by atoms with van der Waals surface area (Å²) in [7, 11) is 0. The summed E-state index contributed by atoms with van der Waals surface area (Å²) in [6, 6.07) is 1.90. The van der Waals surface area contributed by atoms with Crippen LogP contribution >= 0.6 is 0 Å². The Morgan fingerprint density at radius 1 is 1.06 bits per heavy atom. The lowest BCUT2D eigenvalue weighted by atomic mass is 9.88. The van der Waals surface area contributed by atoms with E-state index in [1.807, 2.05) is 0 Å². The molecule has 31 heavy (non-hydrogen) atoms. The average molecular weight is 444 g/mol. The van der Waals surface area contributed by atoms with Gasteiger partial charge in [-0.05, 0) is 74.3 Å². The van der Waals surface area contributed by atoms with Crippen molar-refractivity contribution in [3.8, 4) is 11.1 Å². The second-order valence-electron chi connectivity index (χ2n) is 7.75. The third-order valence-electron chi connectivity index (χ3n) is 5.49. The van der Waals surface area contributed by atoms with Crippen LogP contribution in [0, 0.1) is 31.3 Å². The SMILES string of the molecule is CCOC(=O)CCc1c(F)c(-c2c(C)cc(C3CC3)c(F)c2C)cc(C(F)(F)F)c1F. The molecule has 0 spiro atoms. The number of benzene rings is 2. The highest BCUT2D eigenvalue weighted by Crippen LogP contribution is 2.45. The van der Waals surface area contributed by atoms with Gasteiger partial charge >= 0.3 is 12.1 Å². The molecule has 0 atom stereocenters. The van der Waals surface area contributed by atoms with Crippen LogP contribution in [0.4, 0.5) is 26.3 Å². The smallest absolute Gasteiger partial charge is 0.419 e. The van der Waals surface area contributed by atoms with E-state index in [-0.39, 0.29) is 23.7 Å². The third-order valence-corrected chi connectivity index (χ3v) is 5.49. The maximum Gasteiger partial charge on any atom is 0.419 e. The standard InChI is InChI=1S/C23H22F6O2/c1-4-31-18(30)8-7-14-21(25)16(10-17(22(14)26)23(27,28)29)19-11(2)9-15(13-5-6-13)20(24)12(19)3/h9-10,13H,4-8H2,1-3H3. The van der Waals surface area contributed by atoms with Gasteiger partial charge in [-0.25, -0.2) is 13.2 Å². The Morgan fingerprint density at radius 2 is 1.71 bits per heavy atom. The van der Waals surface area contributed by atoms with Gasteiger partial charge in [0.15, 0.2) is 0 Å². The molecule has 2 aromatic carbocycles. The topological polar surface area (TPSA) is 26.3 Å². The summed E-state index contributed by atoms with van der Waals surface area (Å²) in [5.41, 5.74) is -2.24. The number of alkyl halides is 3. The van der Waals surface area contributed by atoms with Crippen LogP contribution in [-0.2, 0) is 22.1 Å². The number of aryl methyl sites for hydroxylation is 1. The van der Waals surface area contributed by atoms with Crippen LogP contribution in [0.5, 0.6) is 0 Å². The highest BCUT2D eigenvalue weighted by atomic mass is 19.4. The van der Waals surface area contributed by atoms with Crippen molar-refractivity contribution >= 4 is 5.97 Å². The summed E-state index contributed by atoms with van der Waals surface area (Å²) in [5, 5.41) is 0. The minimum Gasteiger partial charge on any atom is -0.466 e. The number of hydrogen-bond donors (Lipinski definition) is 0. The molecule has 168 valence electrons. The normalized spacial score (nSPS) is 14.1. The van der Waals surface area contributed by atoms with Crippen molar-refractivity contribution in [3.63, 3.8) is 0 Å². The summed E-state index contributed by atoms with van der Waals surface area (Å²) < 4.78 is 90.1. The molecule has 0 radical (unpaired) electrons. The zero-order chi connectivity index (χ0) is 23.1. The number of carbonyl (C=O) groups excluding carboxylic acids is 1. The molecule has 2 nitrogen and oxygen atoms in total. The van der Waals surface area contributed by atoms with Gasteiger partial charge in [-0.15, -0.1) is 0 Å². The molecule has 0 aromatic heterocycles. The van der Waals surface area contributed by atoms with Crippen molar-refractivity contribution in [2.75, 3.05) is 6.61 Å². The van der Waals surface area contributed by atoms with Crippen LogP contribution in [0.15, 0.2) is 12.1 Å². The second kappa shape index (κ2) is 8.55. The van der Waals surface area contributed by atoms with Gasteiger partial charge < -0.3 is 4.74 Å². The van der Waals surface area contributed by atoms with E-state index in [4.69, 9.17) is 4.74 Å². The first kappa shape index (κ1) is 23.2. The molecule has 0 amide bonds. The van der Waals surface area contributed by atoms with Crippen LogP contribution in [0.2, 0.25) is 0 Å². The Balaban J connectivity index is 2.20. The highest BCUT2D eigenvalue weighted by Gasteiger charge is 2.38. The lowest BCUT2D eigenvalue weighted by Crippen LogP contribution is -2.15. The number of ether oxygens (including phenoxy) is 1. The highest BCUT2D eigenvalue weighted by molar-refractivity contribution is 5.75. The van der Waals surface area contributed by atoms with E-state index in [2.05, 4.69) is 0 Å². The second-order valence-corrected chi connectivity index (χ2v) is 7.75. The first-order valence-electron chi connectivity index (χ1n) is 10.0. The first-order valence-corrected chi connectivity index (χ1v) is 10.0. The molecule has 2 aromatic rings. The number of esters is 1. The molecule has 1 fully saturated rings. The van der Waals surface area contributed by atoms with Crippen molar-refractivity contribution in [1.82, 2.24) is 0 Å². The number of carbonyl (C=O) groups is 1. The van der Waals surface area contributed by atoms with Gasteiger partial charge in [-0.1, -0.05) is 6.07 Å². The Hall–Kier alpha value is -2.51. The largest absolute Gasteiger partial charge is 0.466 e. The van der Waals surface area contributed by atoms with E-state index in [0.717, 1.165) is 12.8 Å². The van der Waals surface area contributed by atoms with E-state index in [1.54, 1.807) is 6.92 Å². The molecule has 1 saturated carbocycles. The van der Waals surface area contributed by atoms with E-state index >= 15 is 4.39 Å². The van der Waals surface area contributed by atoms with Crippen molar-refractivity contribution in [1.29, 1.82) is 0 Å². The monoisotopic (exact) mass is 444 g/mol. The van der Waals surface area contributed by atoms with Crippen LogP contribution in [0.3, 0.4) is 0 Å². The van der Waals surface area contributed by atoms with Crippen molar-refractivity contribution in [2.45, 2.75) is 58.5 Å². The van der Waals surface area contributed by atoms with Crippen LogP contribution in [0.1, 0.15) is 59.9 Å². The summed E-state index contributed by atoms with van der Waals surface area (Å²) in [6.45, 7) is 4.50. The summed E-state index contributed by atoms with van der Waals surface area (Å²) in [5.74, 6) is -4.33. The van der Waals surface area contributed by atoms with Crippen molar-refractivity contribution < 1.29 is 35.9 Å². The zero-order valence-electron chi connectivity index (χ0n) is 17.4. The number of rotatable bonds is 6. The molecule has 1 aliphatic carbocycles. The Bertz CT molecular complexity index is 1020. The summed E-state index contributed by atoms with van der Waals surface area (Å²) in [6.07, 6.45) is -4.57. The minimum absolute atomic E-state index is 0.0110. The molecular weight excluding hydrogens is 422 g/mol. The van der Waals surface area contributed by atoms with Gasteiger partial charge in [0.25, 0.3) is 0 Å². The Morgan fingerprint density at radius 3 is 2.26 bits per heavy atom. The van der Waals surface area contributed by atoms with Crippen LogP contribution in [0.25, 0.3) is 11.1 Å². The number of halogens is 6. The van der Waals surface area contributed by atoms with Gasteiger partial charge in [0, 0.05) is 17.5 Å². The van der Waals surface area contributed by atoms with E-state index in [9.17, 15) is 26.7 Å². The van der Waals surface area contributed by atoms with Gasteiger partial charge in [0.1, 0.15) is 17.5 Å². The molecule has 8 heteroatoms. The minimum atomic E-state index is -5.10. The van der Waals surface area contributed by atoms with Gasteiger partial charge in [0.2, 0.25) is 0 Å². The maximum atomic E-state index is 15.3. The zero-order valence-corrected chi connectivity index (χ0v) is 17.4. The molecule has 0 saturated heterocycles. The van der Waals surface area contributed by atoms with Gasteiger partial charge in [-0.3, -0.25) is 4.79 Å². The van der Waals surface area contributed by atoms with Gasteiger partial charge in [-0.2, -0.15) is 13.2 Å². The predicted octanol–water partition coefficient (Wildman–Crippen LogP) is 6.78. The third kappa shape index (κ3) is 4.57. The molecule has 0 bridgehead atoms. The number of hydrogen-bond acceptors (Lipinski definition) is 2. The lowest BCUT2D eigenvalue weighted by Gasteiger charge is -2.20. The molecule has 0 heterocycles. The molecule has 0 aliphatic heterocycles. The fourth-order valence-electron chi connectivity index (χ4n) is 3.86. The van der Waals surface area contributed by atoms with E-state index in [0.29, 0.717) is 17.2 Å². The Kier molecular flexibility index (Phi) is 6.39. The van der Waals surface area contributed by atoms with Gasteiger partial charge in [0.05, 0.1) is 12.2 Å². The van der Waals surface area contributed by atoms with Crippen molar-refractivity contribution in [3.05, 3.63) is 57.4 Å². The lowest BCUT2D eigenvalue weighted by molar-refractivity contribution is -0.143. The van der Waals surface area contributed by atoms with Crippen LogP contribution < -0.4 is 0 Å². The average Bonchev–Trinajstić information content (AvgIpc) is 3.50. The molecular formula is C23H22F6O2. The molecule has 3 rings (SSSR count).